The summed E-state index contributed by atoms with van der Waals surface area (Å²) in [6, 6.07) is 6.55. The van der Waals surface area contributed by atoms with E-state index in [1.165, 1.54) is 12.1 Å². The molecule has 0 aliphatic heterocycles. The van der Waals surface area contributed by atoms with Gasteiger partial charge in [0.15, 0.2) is 6.61 Å². The van der Waals surface area contributed by atoms with Gasteiger partial charge in [0.05, 0.1) is 0 Å². The maximum atomic E-state index is 11.9. The summed E-state index contributed by atoms with van der Waals surface area (Å²) in [5, 5.41) is 0. The first-order valence-electron chi connectivity index (χ1n) is 5.57. The zero-order chi connectivity index (χ0) is 13.6. The number of benzene rings is 1. The van der Waals surface area contributed by atoms with Gasteiger partial charge in [-0.3, -0.25) is 0 Å². The Balaban J connectivity index is 2.57. The molecule has 0 spiro atoms. The minimum atomic E-state index is -4.31. The van der Waals surface area contributed by atoms with Crippen LogP contribution in [-0.2, 0) is 6.42 Å². The minimum absolute atomic E-state index is 0.214. The van der Waals surface area contributed by atoms with E-state index >= 15 is 0 Å². The quantitative estimate of drug-likeness (QED) is 0.825. The van der Waals surface area contributed by atoms with Crippen LogP contribution in [-0.4, -0.2) is 19.3 Å². The van der Waals surface area contributed by atoms with Crippen molar-refractivity contribution in [2.75, 3.05) is 13.2 Å². The summed E-state index contributed by atoms with van der Waals surface area (Å²) < 4.78 is 40.4. The molecule has 0 bridgehead atoms. The number of rotatable bonds is 5. The molecular weight excluding hydrogens is 243 g/mol. The third kappa shape index (κ3) is 5.23. The minimum Gasteiger partial charge on any atom is -0.484 e. The van der Waals surface area contributed by atoms with Crippen LogP contribution in [0.2, 0.25) is 0 Å². The van der Waals surface area contributed by atoms with Gasteiger partial charge in [0.2, 0.25) is 0 Å². The molecule has 0 aromatic heterocycles. The average Bonchev–Trinajstić information content (AvgIpc) is 2.34. The van der Waals surface area contributed by atoms with Crippen LogP contribution in [0.3, 0.4) is 0 Å². The van der Waals surface area contributed by atoms with E-state index in [0.29, 0.717) is 13.0 Å². The average molecular weight is 259 g/mol. The molecule has 1 aromatic carbocycles. The topological polar surface area (TPSA) is 35.2 Å². The highest BCUT2D eigenvalue weighted by Gasteiger charge is 2.28. The Kier molecular flexibility index (Phi) is 5.22. The molecule has 0 saturated carbocycles. The van der Waals surface area contributed by atoms with Gasteiger partial charge in [-0.25, -0.2) is 0 Å². The van der Waals surface area contributed by atoms with Crippen LogP contribution in [0.1, 0.15) is 12.5 Å². The van der Waals surface area contributed by atoms with Gasteiger partial charge in [-0.15, -0.1) is 0 Å². The van der Waals surface area contributed by atoms with Gasteiger partial charge in [0, 0.05) is 6.54 Å². The molecule has 0 unspecified atom stereocenters. The van der Waals surface area contributed by atoms with E-state index in [9.17, 15) is 13.2 Å². The van der Waals surface area contributed by atoms with Gasteiger partial charge in [-0.1, -0.05) is 23.8 Å². The van der Waals surface area contributed by atoms with Crippen molar-refractivity contribution in [1.29, 1.82) is 0 Å². The third-order valence-corrected chi connectivity index (χ3v) is 2.43. The Morgan fingerprint density at radius 3 is 2.33 bits per heavy atom. The predicted molar refractivity (Wildman–Crippen MR) is 64.5 cm³/mol. The van der Waals surface area contributed by atoms with Gasteiger partial charge in [-0.05, 0) is 31.0 Å². The van der Waals surface area contributed by atoms with Gasteiger partial charge in [0.1, 0.15) is 5.75 Å². The number of alkyl halides is 3. The van der Waals surface area contributed by atoms with Crippen LogP contribution in [0, 0.1) is 0 Å². The van der Waals surface area contributed by atoms with E-state index in [0.717, 1.165) is 11.1 Å². The van der Waals surface area contributed by atoms with Gasteiger partial charge in [-0.2, -0.15) is 13.2 Å². The van der Waals surface area contributed by atoms with Crippen LogP contribution < -0.4 is 10.5 Å². The number of ether oxygens (including phenoxy) is 1. The molecule has 0 aliphatic rings. The summed E-state index contributed by atoms with van der Waals surface area (Å²) in [4.78, 5) is 0. The molecule has 2 nitrogen and oxygen atoms in total. The normalized spacial score (nSPS) is 12.6. The second-order valence-corrected chi connectivity index (χ2v) is 3.88. The summed E-state index contributed by atoms with van der Waals surface area (Å²) in [6.45, 7) is 1.11. The highest BCUT2D eigenvalue weighted by Crippen LogP contribution is 2.19. The van der Waals surface area contributed by atoms with Crippen LogP contribution in [0.5, 0.6) is 5.75 Å². The first kappa shape index (κ1) is 14.6. The number of hydrogen-bond acceptors (Lipinski definition) is 2. The van der Waals surface area contributed by atoms with Crippen LogP contribution >= 0.6 is 0 Å². The van der Waals surface area contributed by atoms with Crippen molar-refractivity contribution in [1.82, 2.24) is 0 Å². The molecule has 1 aromatic rings. The van der Waals surface area contributed by atoms with Crippen molar-refractivity contribution < 1.29 is 17.9 Å². The van der Waals surface area contributed by atoms with Crippen molar-refractivity contribution in [3.05, 3.63) is 41.5 Å². The van der Waals surface area contributed by atoms with E-state index in [1.54, 1.807) is 12.1 Å². The largest absolute Gasteiger partial charge is 0.484 e. The molecule has 0 aliphatic carbocycles. The Labute approximate surface area is 104 Å². The molecule has 0 radical (unpaired) electrons. The summed E-state index contributed by atoms with van der Waals surface area (Å²) in [5.41, 5.74) is 7.61. The first-order valence-corrected chi connectivity index (χ1v) is 5.57. The predicted octanol–water partition coefficient (Wildman–Crippen LogP) is 3.08. The molecule has 0 saturated heterocycles. The summed E-state index contributed by atoms with van der Waals surface area (Å²) >= 11 is 0. The van der Waals surface area contributed by atoms with Gasteiger partial charge < -0.3 is 10.5 Å². The highest BCUT2D eigenvalue weighted by molar-refractivity contribution is 5.30. The summed E-state index contributed by atoms with van der Waals surface area (Å²) in [6.07, 6.45) is -1.67. The fourth-order valence-electron chi connectivity index (χ4n) is 1.42. The van der Waals surface area contributed by atoms with Crippen molar-refractivity contribution in [3.63, 3.8) is 0 Å². The monoisotopic (exact) mass is 259 g/mol. The molecular formula is C13H16F3NO. The summed E-state index contributed by atoms with van der Waals surface area (Å²) in [5.74, 6) is 0.214. The SMILES string of the molecule is C/C=C(\CN)Cc1ccc(OCC(F)(F)F)cc1. The molecule has 0 heterocycles. The summed E-state index contributed by atoms with van der Waals surface area (Å²) in [7, 11) is 0. The van der Waals surface area contributed by atoms with Crippen LogP contribution in [0.4, 0.5) is 13.2 Å². The molecule has 0 amide bonds. The number of allylic oxidation sites excluding steroid dienone is 1. The number of nitrogens with two attached hydrogens (primary N) is 1. The molecule has 2 N–H and O–H groups in total. The lowest BCUT2D eigenvalue weighted by Gasteiger charge is -2.10. The van der Waals surface area contributed by atoms with Crippen LogP contribution in [0.15, 0.2) is 35.9 Å². The standard InChI is InChI=1S/C13H16F3NO/c1-2-10(8-17)7-11-3-5-12(6-4-11)18-9-13(14,15)16/h2-6H,7-9,17H2,1H3/b10-2-. The van der Waals surface area contributed by atoms with E-state index in [4.69, 9.17) is 5.73 Å². The molecule has 5 heteroatoms. The molecule has 0 fully saturated rings. The number of halogens is 3. The van der Waals surface area contributed by atoms with Crippen molar-refractivity contribution in [2.24, 2.45) is 5.73 Å². The smallest absolute Gasteiger partial charge is 0.422 e. The molecule has 100 valence electrons. The van der Waals surface area contributed by atoms with E-state index in [2.05, 4.69) is 4.74 Å². The maximum Gasteiger partial charge on any atom is 0.422 e. The first-order chi connectivity index (χ1) is 8.44. The fraction of sp³-hybridized carbons (Fsp3) is 0.385. The lowest BCUT2D eigenvalue weighted by Crippen LogP contribution is -2.19. The van der Waals surface area contributed by atoms with Crippen LogP contribution in [0.25, 0.3) is 0 Å². The van der Waals surface area contributed by atoms with Crippen molar-refractivity contribution in [3.8, 4) is 5.75 Å². The maximum absolute atomic E-state index is 11.9. The van der Waals surface area contributed by atoms with Gasteiger partial charge >= 0.3 is 6.18 Å². The van der Waals surface area contributed by atoms with Gasteiger partial charge in [0.25, 0.3) is 0 Å². The fourth-order valence-corrected chi connectivity index (χ4v) is 1.42. The molecule has 18 heavy (non-hydrogen) atoms. The Morgan fingerprint density at radius 2 is 1.89 bits per heavy atom. The second-order valence-electron chi connectivity index (χ2n) is 3.88. The Bertz CT molecular complexity index is 396. The van der Waals surface area contributed by atoms with E-state index in [-0.39, 0.29) is 5.75 Å². The van der Waals surface area contributed by atoms with Crippen molar-refractivity contribution >= 4 is 0 Å². The molecule has 0 atom stereocenters. The highest BCUT2D eigenvalue weighted by atomic mass is 19.4. The lowest BCUT2D eigenvalue weighted by atomic mass is 10.1. The Morgan fingerprint density at radius 1 is 1.28 bits per heavy atom. The zero-order valence-electron chi connectivity index (χ0n) is 10.1. The zero-order valence-corrected chi connectivity index (χ0v) is 10.1. The van der Waals surface area contributed by atoms with Crippen molar-refractivity contribution in [2.45, 2.75) is 19.5 Å². The molecule has 1 rings (SSSR count). The third-order valence-electron chi connectivity index (χ3n) is 2.43. The lowest BCUT2D eigenvalue weighted by molar-refractivity contribution is -0.153. The number of hydrogen-bond donors (Lipinski definition) is 1. The van der Waals surface area contributed by atoms with E-state index in [1.807, 2.05) is 13.0 Å². The Hall–Kier alpha value is -1.49. The van der Waals surface area contributed by atoms with E-state index < -0.39 is 12.8 Å². The second kappa shape index (κ2) is 6.44.